The highest BCUT2D eigenvalue weighted by molar-refractivity contribution is 5.12. The number of hydrogen-bond acceptors (Lipinski definition) is 2. The van der Waals surface area contributed by atoms with Crippen molar-refractivity contribution in [2.75, 3.05) is 6.54 Å². The maximum atomic E-state index is 7.68. The van der Waals surface area contributed by atoms with Crippen LogP contribution in [0.5, 0.6) is 0 Å². The Hall–Kier alpha value is -0.0800. The fourth-order valence-electron chi connectivity index (χ4n) is 6.26. The van der Waals surface area contributed by atoms with E-state index in [2.05, 4.69) is 41.5 Å². The first-order valence-corrected chi connectivity index (χ1v) is 13.9. The summed E-state index contributed by atoms with van der Waals surface area (Å²) in [7, 11) is 0. The molecular weight excluding hydrogens is 364 g/mol. The third kappa shape index (κ3) is 7.80. The first-order valence-electron chi connectivity index (χ1n) is 13.9. The van der Waals surface area contributed by atoms with Gasteiger partial charge in [-0.1, -0.05) is 119 Å². The predicted octanol–water partition coefficient (Wildman–Crippen LogP) is 8.76. The summed E-state index contributed by atoms with van der Waals surface area (Å²) >= 11 is 0. The predicted molar refractivity (Wildman–Crippen MR) is 138 cm³/mol. The summed E-state index contributed by atoms with van der Waals surface area (Å²) in [6.45, 7) is 14.8. The summed E-state index contributed by atoms with van der Waals surface area (Å²) in [6, 6.07) is 0. The lowest BCUT2D eigenvalue weighted by Gasteiger charge is -2.61. The molecule has 0 atom stereocenters. The lowest BCUT2D eigenvalue weighted by atomic mass is 9.46. The lowest BCUT2D eigenvalue weighted by molar-refractivity contribution is -0.0779. The molecule has 0 aliphatic carbocycles. The quantitative estimate of drug-likeness (QED) is 0.193. The van der Waals surface area contributed by atoms with E-state index < -0.39 is 0 Å². The van der Waals surface area contributed by atoms with Crippen molar-refractivity contribution in [3.05, 3.63) is 0 Å². The molecule has 0 aliphatic heterocycles. The van der Waals surface area contributed by atoms with Crippen LogP contribution >= 0.6 is 0 Å². The van der Waals surface area contributed by atoms with Crippen LogP contribution in [-0.4, -0.2) is 12.1 Å². The summed E-state index contributed by atoms with van der Waals surface area (Å²) in [6.07, 6.45) is 22.6. The first-order chi connectivity index (χ1) is 14.4. The van der Waals surface area contributed by atoms with Gasteiger partial charge in [0.1, 0.15) is 0 Å². The Balaban J connectivity index is 6.68. The van der Waals surface area contributed by atoms with E-state index in [1.54, 1.807) is 0 Å². The number of unbranched alkanes of at least 4 members (excludes halogenated alkanes) is 6. The minimum absolute atomic E-state index is 0.0792. The normalized spacial score (nSPS) is 13.2. The molecule has 0 aromatic carbocycles. The Labute approximate surface area is 191 Å². The summed E-state index contributed by atoms with van der Waals surface area (Å²) in [4.78, 5) is 0. The maximum Gasteiger partial charge on any atom is 0.0217 e. The van der Waals surface area contributed by atoms with Crippen LogP contribution in [0.1, 0.15) is 157 Å². The average molecular weight is 425 g/mol. The molecule has 2 nitrogen and oxygen atoms in total. The molecule has 0 aromatic rings. The van der Waals surface area contributed by atoms with Crippen LogP contribution in [0.2, 0.25) is 0 Å². The molecule has 0 fully saturated rings. The largest absolute Gasteiger partial charge is 0.330 e. The SMILES string of the molecule is CCCCC(N)(CCCC)C(CCCC)(CCCC)C(CN)(CCCC)CCCC. The molecule has 0 aliphatic rings. The van der Waals surface area contributed by atoms with Crippen molar-refractivity contribution in [2.45, 2.75) is 163 Å². The van der Waals surface area contributed by atoms with Crippen molar-refractivity contribution >= 4 is 0 Å². The minimum Gasteiger partial charge on any atom is -0.330 e. The molecule has 182 valence electrons. The molecule has 2 heteroatoms. The minimum atomic E-state index is -0.0792. The number of rotatable bonds is 21. The van der Waals surface area contributed by atoms with E-state index >= 15 is 0 Å². The van der Waals surface area contributed by atoms with E-state index in [1.807, 2.05) is 0 Å². The molecule has 0 saturated heterocycles. The Morgan fingerprint density at radius 3 is 1.07 bits per heavy atom. The molecular formula is C28H60N2. The summed E-state index contributed by atoms with van der Waals surface area (Å²) in [5, 5.41) is 0. The van der Waals surface area contributed by atoms with Crippen molar-refractivity contribution in [1.82, 2.24) is 0 Å². The van der Waals surface area contributed by atoms with Crippen LogP contribution in [0.3, 0.4) is 0 Å². The summed E-state index contributed by atoms with van der Waals surface area (Å²) < 4.78 is 0. The third-order valence-electron chi connectivity index (χ3n) is 8.24. The van der Waals surface area contributed by atoms with Crippen molar-refractivity contribution in [2.24, 2.45) is 22.3 Å². The molecule has 0 spiro atoms. The summed E-state index contributed by atoms with van der Waals surface area (Å²) in [5.41, 5.74) is 14.8. The van der Waals surface area contributed by atoms with E-state index in [1.165, 1.54) is 116 Å². The molecule has 0 aromatic heterocycles. The molecule has 0 heterocycles. The fourth-order valence-corrected chi connectivity index (χ4v) is 6.26. The highest BCUT2D eigenvalue weighted by Gasteiger charge is 2.57. The lowest BCUT2D eigenvalue weighted by Crippen LogP contribution is -2.65. The van der Waals surface area contributed by atoms with Gasteiger partial charge >= 0.3 is 0 Å². The van der Waals surface area contributed by atoms with Gasteiger partial charge in [0.2, 0.25) is 0 Å². The second kappa shape index (κ2) is 16.5. The van der Waals surface area contributed by atoms with E-state index in [0.717, 1.165) is 6.54 Å². The highest BCUT2D eigenvalue weighted by Crippen LogP contribution is 2.60. The van der Waals surface area contributed by atoms with Gasteiger partial charge in [0.15, 0.2) is 0 Å². The van der Waals surface area contributed by atoms with Gasteiger partial charge < -0.3 is 11.5 Å². The van der Waals surface area contributed by atoms with Gasteiger partial charge in [-0.2, -0.15) is 0 Å². The van der Waals surface area contributed by atoms with Crippen LogP contribution in [0.4, 0.5) is 0 Å². The zero-order valence-corrected chi connectivity index (χ0v) is 22.1. The maximum absolute atomic E-state index is 7.68. The average Bonchev–Trinajstić information content (AvgIpc) is 2.77. The van der Waals surface area contributed by atoms with Gasteiger partial charge in [0.05, 0.1) is 0 Å². The Morgan fingerprint density at radius 1 is 0.467 bits per heavy atom. The van der Waals surface area contributed by atoms with Crippen LogP contribution in [0.25, 0.3) is 0 Å². The van der Waals surface area contributed by atoms with Gasteiger partial charge in [-0.3, -0.25) is 0 Å². The van der Waals surface area contributed by atoms with Crippen LogP contribution in [0.15, 0.2) is 0 Å². The second-order valence-electron chi connectivity index (χ2n) is 10.3. The molecule has 0 amide bonds. The zero-order valence-electron chi connectivity index (χ0n) is 22.1. The molecule has 0 unspecified atom stereocenters. The third-order valence-corrected chi connectivity index (χ3v) is 8.24. The van der Waals surface area contributed by atoms with E-state index in [-0.39, 0.29) is 16.4 Å². The van der Waals surface area contributed by atoms with Gasteiger partial charge in [0, 0.05) is 5.54 Å². The van der Waals surface area contributed by atoms with Gasteiger partial charge in [0.25, 0.3) is 0 Å². The smallest absolute Gasteiger partial charge is 0.0217 e. The first kappa shape index (κ1) is 29.9. The Kier molecular flexibility index (Phi) is 16.5. The Bertz CT molecular complexity index is 366. The second-order valence-corrected chi connectivity index (χ2v) is 10.3. The van der Waals surface area contributed by atoms with Crippen LogP contribution in [-0.2, 0) is 0 Å². The van der Waals surface area contributed by atoms with Crippen molar-refractivity contribution in [1.29, 1.82) is 0 Å². The van der Waals surface area contributed by atoms with E-state index in [9.17, 15) is 0 Å². The number of hydrogen-bond donors (Lipinski definition) is 2. The van der Waals surface area contributed by atoms with Crippen molar-refractivity contribution in [3.63, 3.8) is 0 Å². The van der Waals surface area contributed by atoms with Crippen molar-refractivity contribution in [3.8, 4) is 0 Å². The van der Waals surface area contributed by atoms with Gasteiger partial charge in [-0.15, -0.1) is 0 Å². The van der Waals surface area contributed by atoms with Gasteiger partial charge in [-0.25, -0.2) is 0 Å². The topological polar surface area (TPSA) is 52.0 Å². The molecule has 0 rings (SSSR count). The Morgan fingerprint density at radius 2 is 0.767 bits per heavy atom. The molecule has 4 N–H and O–H groups in total. The molecule has 30 heavy (non-hydrogen) atoms. The fraction of sp³-hybridized carbons (Fsp3) is 1.00. The van der Waals surface area contributed by atoms with Gasteiger partial charge in [-0.05, 0) is 55.9 Å². The zero-order chi connectivity index (χ0) is 22.9. The van der Waals surface area contributed by atoms with Crippen molar-refractivity contribution < 1.29 is 0 Å². The standard InChI is InChI=1S/C28H60N2/c1-7-13-19-26(25-29,20-14-8-2)27(21-15-9-3,22-16-10-4)28(30,23-17-11-5)24-18-12-6/h7-25,29-30H2,1-6H3. The highest BCUT2D eigenvalue weighted by atomic mass is 14.8. The van der Waals surface area contributed by atoms with E-state index in [0.29, 0.717) is 0 Å². The molecule has 0 radical (unpaired) electrons. The molecule has 0 saturated carbocycles. The summed E-state index contributed by atoms with van der Waals surface area (Å²) in [5.74, 6) is 0. The van der Waals surface area contributed by atoms with Crippen LogP contribution in [0, 0.1) is 10.8 Å². The van der Waals surface area contributed by atoms with E-state index in [4.69, 9.17) is 11.5 Å². The van der Waals surface area contributed by atoms with Crippen LogP contribution < -0.4 is 11.5 Å². The molecule has 0 bridgehead atoms. The monoisotopic (exact) mass is 424 g/mol. The number of nitrogens with two attached hydrogens (primary N) is 2.